The van der Waals surface area contributed by atoms with Crippen molar-refractivity contribution in [3.63, 3.8) is 0 Å². The van der Waals surface area contributed by atoms with E-state index in [0.717, 1.165) is 50.7 Å². The van der Waals surface area contributed by atoms with Crippen molar-refractivity contribution in [3.8, 4) is 22.0 Å². The fraction of sp³-hybridized carbons (Fsp3) is 0.0612. The number of pyridine rings is 6. The molecular formula is C49H36N6S. The van der Waals surface area contributed by atoms with Crippen LogP contribution in [0.15, 0.2) is 189 Å². The normalized spacial score (nSPS) is 14.6. The highest BCUT2D eigenvalue weighted by Crippen LogP contribution is 2.54. The lowest BCUT2D eigenvalue weighted by atomic mass is 9.94. The molecule has 0 saturated heterocycles. The van der Waals surface area contributed by atoms with Crippen molar-refractivity contribution in [3.05, 3.63) is 200 Å². The minimum Gasteiger partial charge on any atom is -0.256 e. The molecule has 0 bridgehead atoms. The molecule has 1 fully saturated rings. The van der Waals surface area contributed by atoms with Crippen LogP contribution in [-0.2, 0) is 0 Å². The number of hydrogen-bond donors (Lipinski definition) is 0. The third kappa shape index (κ3) is 7.67. The maximum absolute atomic E-state index is 4.54. The second-order valence-electron chi connectivity index (χ2n) is 13.5. The second kappa shape index (κ2) is 16.2. The molecule has 10 aromatic rings. The topological polar surface area (TPSA) is 77.3 Å². The zero-order valence-electron chi connectivity index (χ0n) is 30.4. The quantitative estimate of drug-likeness (QED) is 0.164. The molecular weight excluding hydrogens is 705 g/mol. The average Bonchev–Trinajstić information content (AvgIpc) is 3.96. The van der Waals surface area contributed by atoms with E-state index >= 15 is 0 Å². The van der Waals surface area contributed by atoms with Crippen molar-refractivity contribution in [2.24, 2.45) is 5.92 Å². The lowest BCUT2D eigenvalue weighted by Crippen LogP contribution is -1.95. The third-order valence-corrected chi connectivity index (χ3v) is 11.0. The zero-order valence-corrected chi connectivity index (χ0v) is 31.2. The van der Waals surface area contributed by atoms with Crippen LogP contribution in [0.25, 0.3) is 70.8 Å². The van der Waals surface area contributed by atoms with Crippen LogP contribution in [0.5, 0.6) is 0 Å². The number of fused-ring (bicyclic) bond motifs is 9. The van der Waals surface area contributed by atoms with E-state index in [2.05, 4.69) is 115 Å². The highest BCUT2D eigenvalue weighted by Gasteiger charge is 2.40. The van der Waals surface area contributed by atoms with E-state index < -0.39 is 0 Å². The molecule has 7 heteroatoms. The lowest BCUT2D eigenvalue weighted by Gasteiger charge is -2.12. The number of benzene rings is 3. The van der Waals surface area contributed by atoms with Crippen LogP contribution < -0.4 is 0 Å². The summed E-state index contributed by atoms with van der Waals surface area (Å²) in [4.78, 5) is 27.2. The summed E-state index contributed by atoms with van der Waals surface area (Å²) >= 11 is 1.79. The maximum Gasteiger partial charge on any atom is 0.0964 e. The molecule has 7 aromatic heterocycles. The van der Waals surface area contributed by atoms with E-state index in [1.807, 2.05) is 85.2 Å². The molecule has 56 heavy (non-hydrogen) atoms. The Morgan fingerprint density at radius 2 is 0.929 bits per heavy atom. The Bertz CT molecular complexity index is 2790. The number of allylic oxidation sites excluding steroid dienone is 1. The van der Waals surface area contributed by atoms with Gasteiger partial charge in [-0.2, -0.15) is 0 Å². The smallest absolute Gasteiger partial charge is 0.0964 e. The number of thiophene rings is 1. The van der Waals surface area contributed by atoms with Gasteiger partial charge < -0.3 is 0 Å². The minimum absolute atomic E-state index is 0.753. The molecule has 0 amide bonds. The Balaban J connectivity index is 0.0000000979. The molecule has 7 heterocycles. The molecule has 1 saturated carbocycles. The van der Waals surface area contributed by atoms with Crippen LogP contribution >= 0.6 is 11.3 Å². The van der Waals surface area contributed by atoms with Gasteiger partial charge in [0.05, 0.1) is 38.5 Å². The fourth-order valence-electron chi connectivity index (χ4n) is 7.03. The molecule has 12 rings (SSSR count). The van der Waals surface area contributed by atoms with E-state index in [1.54, 1.807) is 36.1 Å². The molecule has 268 valence electrons. The van der Waals surface area contributed by atoms with Crippen LogP contribution in [0.1, 0.15) is 23.5 Å². The van der Waals surface area contributed by atoms with Gasteiger partial charge in [0.2, 0.25) is 0 Å². The molecule has 2 unspecified atom stereocenters. The average molecular weight is 741 g/mol. The predicted octanol–water partition coefficient (Wildman–Crippen LogP) is 12.3. The van der Waals surface area contributed by atoms with Gasteiger partial charge in [-0.25, -0.2) is 0 Å². The van der Waals surface area contributed by atoms with Crippen LogP contribution in [-0.4, -0.2) is 29.9 Å². The molecule has 2 aliphatic carbocycles. The van der Waals surface area contributed by atoms with Gasteiger partial charge >= 0.3 is 0 Å². The van der Waals surface area contributed by atoms with E-state index in [4.69, 9.17) is 0 Å². The van der Waals surface area contributed by atoms with Crippen molar-refractivity contribution < 1.29 is 0 Å². The minimum atomic E-state index is 0.753. The van der Waals surface area contributed by atoms with E-state index in [1.165, 1.54) is 43.4 Å². The summed E-state index contributed by atoms with van der Waals surface area (Å²) in [5.74, 6) is 1.55. The summed E-state index contributed by atoms with van der Waals surface area (Å²) in [6, 6.07) is 48.9. The van der Waals surface area contributed by atoms with E-state index in [0.29, 0.717) is 0 Å². The molecule has 2 aliphatic rings. The Morgan fingerprint density at radius 3 is 1.52 bits per heavy atom. The number of hydrogen-bond acceptors (Lipinski definition) is 7. The van der Waals surface area contributed by atoms with Gasteiger partial charge in [0.25, 0.3) is 0 Å². The van der Waals surface area contributed by atoms with Crippen LogP contribution in [0.3, 0.4) is 0 Å². The molecule has 0 radical (unpaired) electrons. The summed E-state index contributed by atoms with van der Waals surface area (Å²) in [6.45, 7) is 0. The highest BCUT2D eigenvalue weighted by atomic mass is 32.1. The molecule has 2 atom stereocenters. The zero-order chi connectivity index (χ0) is 37.5. The Hall–Kier alpha value is -6.96. The van der Waals surface area contributed by atoms with Gasteiger partial charge in [-0.3, -0.25) is 29.9 Å². The number of rotatable bonds is 2. The second-order valence-corrected chi connectivity index (χ2v) is 14.6. The summed E-state index contributed by atoms with van der Waals surface area (Å²) in [7, 11) is 0. The Labute approximate surface area is 329 Å². The van der Waals surface area contributed by atoms with Crippen molar-refractivity contribution in [2.45, 2.75) is 12.3 Å². The highest BCUT2D eigenvalue weighted by molar-refractivity contribution is 7.22. The van der Waals surface area contributed by atoms with Crippen LogP contribution in [0.2, 0.25) is 0 Å². The SMILES string of the molecule is C1=CC2CC2c2c1ccc1cccnc21.c1ccc(-c2cc3ccccc3s2)nc1.c1ccc(-c2ccccn2)nc1.c1cnc2c(c1)ccc1cccnc12. The molecule has 3 aromatic carbocycles. The first-order valence-corrected chi connectivity index (χ1v) is 19.5. The third-order valence-electron chi connectivity index (χ3n) is 9.86. The Kier molecular flexibility index (Phi) is 10.1. The summed E-state index contributed by atoms with van der Waals surface area (Å²) in [5, 5.41) is 4.85. The largest absolute Gasteiger partial charge is 0.256 e. The lowest BCUT2D eigenvalue weighted by molar-refractivity contribution is 1.00. The first-order chi connectivity index (χ1) is 27.8. The maximum atomic E-state index is 4.54. The monoisotopic (exact) mass is 740 g/mol. The van der Waals surface area contributed by atoms with Gasteiger partial charge in [0.15, 0.2) is 0 Å². The van der Waals surface area contributed by atoms with Crippen molar-refractivity contribution in [2.75, 3.05) is 0 Å². The van der Waals surface area contributed by atoms with Crippen molar-refractivity contribution in [1.29, 1.82) is 0 Å². The van der Waals surface area contributed by atoms with Gasteiger partial charge in [-0.1, -0.05) is 91.0 Å². The van der Waals surface area contributed by atoms with Crippen LogP contribution in [0.4, 0.5) is 0 Å². The fourth-order valence-corrected chi connectivity index (χ4v) is 8.07. The predicted molar refractivity (Wildman–Crippen MR) is 231 cm³/mol. The molecule has 0 spiro atoms. The summed E-state index contributed by atoms with van der Waals surface area (Å²) < 4.78 is 1.32. The Morgan fingerprint density at radius 1 is 0.429 bits per heavy atom. The van der Waals surface area contributed by atoms with Gasteiger partial charge in [-0.15, -0.1) is 11.3 Å². The van der Waals surface area contributed by atoms with Crippen molar-refractivity contribution in [1.82, 2.24) is 29.9 Å². The number of aromatic nitrogens is 6. The molecule has 0 aliphatic heterocycles. The van der Waals surface area contributed by atoms with E-state index in [-0.39, 0.29) is 0 Å². The van der Waals surface area contributed by atoms with Gasteiger partial charge in [0.1, 0.15) is 0 Å². The summed E-state index contributed by atoms with van der Waals surface area (Å²) in [6.07, 6.45) is 16.8. The molecule has 6 nitrogen and oxygen atoms in total. The van der Waals surface area contributed by atoms with Crippen LogP contribution in [0, 0.1) is 5.92 Å². The van der Waals surface area contributed by atoms with Gasteiger partial charge in [0, 0.05) is 58.0 Å². The van der Waals surface area contributed by atoms with Gasteiger partial charge in [-0.05, 0) is 101 Å². The first kappa shape index (κ1) is 34.8. The molecule has 0 N–H and O–H groups in total. The first-order valence-electron chi connectivity index (χ1n) is 18.7. The van der Waals surface area contributed by atoms with E-state index in [9.17, 15) is 0 Å². The standard InChI is InChI=1S/C14H11N.C13H9NS.C12H8N2.C10H8N2/c1-2-10-5-3-9-4-6-11-8-12(11)13(9)14(10)15-7-1;1-2-7-12-10(5-1)9-13(15-12)11-6-3-4-8-14-11;1-3-9-5-6-10-4-2-8-14-12(10)11(9)13-7-1;1-3-7-11-9(5-1)10-6-2-4-8-12-10/h1-7,11-12H,8H2;1-9H;1-8H;1-8H. The van der Waals surface area contributed by atoms with Crippen molar-refractivity contribution >= 4 is 60.2 Å². The number of nitrogens with zero attached hydrogens (tertiary/aromatic N) is 6. The summed E-state index contributed by atoms with van der Waals surface area (Å²) in [5.41, 5.74) is 8.92.